The SMILES string of the molecule is C=CCNS(=O)(=O)c1cc(C(=O)Nc2ccc(OC)c(Cl)c2)ccc1F. The monoisotopic (exact) mass is 398 g/mol. The fourth-order valence-electron chi connectivity index (χ4n) is 2.04. The summed E-state index contributed by atoms with van der Waals surface area (Å²) in [7, 11) is -2.65. The maximum absolute atomic E-state index is 13.9. The van der Waals surface area contributed by atoms with E-state index in [9.17, 15) is 17.6 Å². The molecular formula is C17H16ClFN2O4S. The first-order valence-corrected chi connectivity index (χ1v) is 9.19. The van der Waals surface area contributed by atoms with E-state index < -0.39 is 26.6 Å². The van der Waals surface area contributed by atoms with Gasteiger partial charge in [-0.1, -0.05) is 17.7 Å². The first-order valence-electron chi connectivity index (χ1n) is 7.33. The first-order chi connectivity index (χ1) is 12.3. The second-order valence-electron chi connectivity index (χ2n) is 5.09. The Bertz CT molecular complexity index is 948. The third-order valence-corrected chi connectivity index (χ3v) is 5.04. The molecule has 0 atom stereocenters. The zero-order chi connectivity index (χ0) is 19.3. The number of anilines is 1. The number of carbonyl (C=O) groups excluding carboxylic acids is 1. The van der Waals surface area contributed by atoms with Gasteiger partial charge in [-0.2, -0.15) is 0 Å². The van der Waals surface area contributed by atoms with Crippen molar-refractivity contribution in [2.24, 2.45) is 0 Å². The minimum Gasteiger partial charge on any atom is -0.495 e. The number of rotatable bonds is 7. The van der Waals surface area contributed by atoms with Gasteiger partial charge in [0.25, 0.3) is 5.91 Å². The smallest absolute Gasteiger partial charge is 0.255 e. The number of benzene rings is 2. The van der Waals surface area contributed by atoms with Gasteiger partial charge in [0.1, 0.15) is 16.5 Å². The molecule has 0 aliphatic rings. The molecule has 0 spiro atoms. The Kier molecular flexibility index (Phi) is 6.36. The molecule has 0 aliphatic heterocycles. The van der Waals surface area contributed by atoms with Gasteiger partial charge in [-0.3, -0.25) is 4.79 Å². The summed E-state index contributed by atoms with van der Waals surface area (Å²) in [6.07, 6.45) is 1.32. The minimum atomic E-state index is -4.11. The van der Waals surface area contributed by atoms with E-state index in [1.165, 1.54) is 25.3 Å². The molecular weight excluding hydrogens is 383 g/mol. The largest absolute Gasteiger partial charge is 0.495 e. The highest BCUT2D eigenvalue weighted by Crippen LogP contribution is 2.27. The fraction of sp³-hybridized carbons (Fsp3) is 0.118. The highest BCUT2D eigenvalue weighted by molar-refractivity contribution is 7.89. The number of hydrogen-bond acceptors (Lipinski definition) is 4. The zero-order valence-electron chi connectivity index (χ0n) is 13.8. The van der Waals surface area contributed by atoms with Crippen molar-refractivity contribution in [2.75, 3.05) is 19.0 Å². The molecule has 2 aromatic carbocycles. The lowest BCUT2D eigenvalue weighted by Crippen LogP contribution is -2.25. The highest BCUT2D eigenvalue weighted by atomic mass is 35.5. The van der Waals surface area contributed by atoms with Crippen LogP contribution in [0.5, 0.6) is 5.75 Å². The molecule has 2 aromatic rings. The van der Waals surface area contributed by atoms with Gasteiger partial charge < -0.3 is 10.1 Å². The first kappa shape index (κ1) is 19.9. The number of hydrogen-bond donors (Lipinski definition) is 2. The molecule has 138 valence electrons. The summed E-state index contributed by atoms with van der Waals surface area (Å²) < 4.78 is 45.3. The van der Waals surface area contributed by atoms with E-state index in [2.05, 4.69) is 16.6 Å². The van der Waals surface area contributed by atoms with Crippen LogP contribution in [0.4, 0.5) is 10.1 Å². The Morgan fingerprint density at radius 3 is 2.65 bits per heavy atom. The molecule has 0 fully saturated rings. The molecule has 0 aromatic heterocycles. The zero-order valence-corrected chi connectivity index (χ0v) is 15.3. The van der Waals surface area contributed by atoms with E-state index in [1.807, 2.05) is 0 Å². The van der Waals surface area contributed by atoms with Crippen molar-refractivity contribution in [3.05, 3.63) is 65.5 Å². The quantitative estimate of drug-likeness (QED) is 0.701. The Labute approximate surface area is 155 Å². The second kappa shape index (κ2) is 8.31. The van der Waals surface area contributed by atoms with Crippen LogP contribution in [-0.2, 0) is 10.0 Å². The Morgan fingerprint density at radius 1 is 1.31 bits per heavy atom. The number of carbonyl (C=O) groups is 1. The lowest BCUT2D eigenvalue weighted by atomic mass is 10.2. The third-order valence-electron chi connectivity index (χ3n) is 3.31. The number of ether oxygens (including phenoxy) is 1. The van der Waals surface area contributed by atoms with Crippen molar-refractivity contribution >= 4 is 33.2 Å². The van der Waals surface area contributed by atoms with Crippen molar-refractivity contribution in [2.45, 2.75) is 4.90 Å². The van der Waals surface area contributed by atoms with Crippen LogP contribution in [0, 0.1) is 5.82 Å². The van der Waals surface area contributed by atoms with Crippen molar-refractivity contribution in [1.82, 2.24) is 4.72 Å². The Morgan fingerprint density at radius 2 is 2.04 bits per heavy atom. The molecule has 1 amide bonds. The van der Waals surface area contributed by atoms with Gasteiger partial charge in [-0.05, 0) is 36.4 Å². The van der Waals surface area contributed by atoms with Crippen LogP contribution in [0.2, 0.25) is 5.02 Å². The predicted molar refractivity (Wildman–Crippen MR) is 97.7 cm³/mol. The van der Waals surface area contributed by atoms with Crippen molar-refractivity contribution in [1.29, 1.82) is 0 Å². The average Bonchev–Trinajstić information content (AvgIpc) is 2.60. The standard InChI is InChI=1S/C17H16ClFN2O4S/c1-3-8-20-26(23,24)16-9-11(4-6-14(16)19)17(22)21-12-5-7-15(25-2)13(18)10-12/h3-7,9-10,20H,1,8H2,2H3,(H,21,22). The van der Waals surface area contributed by atoms with Crippen LogP contribution >= 0.6 is 11.6 Å². The van der Waals surface area contributed by atoms with Crippen LogP contribution in [0.25, 0.3) is 0 Å². The molecule has 2 N–H and O–H groups in total. The normalized spacial score (nSPS) is 11.0. The van der Waals surface area contributed by atoms with Crippen molar-refractivity contribution in [3.63, 3.8) is 0 Å². The molecule has 0 radical (unpaired) electrons. The van der Waals surface area contributed by atoms with Crippen molar-refractivity contribution in [3.8, 4) is 5.75 Å². The maximum Gasteiger partial charge on any atom is 0.255 e. The van der Waals surface area contributed by atoms with Gasteiger partial charge in [0.15, 0.2) is 0 Å². The van der Waals surface area contributed by atoms with Gasteiger partial charge in [0.2, 0.25) is 10.0 Å². The molecule has 26 heavy (non-hydrogen) atoms. The highest BCUT2D eigenvalue weighted by Gasteiger charge is 2.20. The summed E-state index contributed by atoms with van der Waals surface area (Å²) in [5, 5.41) is 2.85. The van der Waals surface area contributed by atoms with Crippen LogP contribution in [0.3, 0.4) is 0 Å². The Hall–Kier alpha value is -2.42. The van der Waals surface area contributed by atoms with Gasteiger partial charge in [-0.15, -0.1) is 6.58 Å². The van der Waals surface area contributed by atoms with Crippen molar-refractivity contribution < 1.29 is 22.3 Å². The van der Waals surface area contributed by atoms with Crippen LogP contribution < -0.4 is 14.8 Å². The summed E-state index contributed by atoms with van der Waals surface area (Å²) in [5.74, 6) is -1.15. The van der Waals surface area contributed by atoms with Gasteiger partial charge >= 0.3 is 0 Å². The molecule has 2 rings (SSSR count). The molecule has 0 unspecified atom stereocenters. The second-order valence-corrected chi connectivity index (χ2v) is 7.23. The number of nitrogens with one attached hydrogen (secondary N) is 2. The molecule has 9 heteroatoms. The van der Waals surface area contributed by atoms with E-state index in [0.717, 1.165) is 12.1 Å². The number of amides is 1. The van der Waals surface area contributed by atoms with Gasteiger partial charge in [-0.25, -0.2) is 17.5 Å². The fourth-order valence-corrected chi connectivity index (χ4v) is 3.40. The van der Waals surface area contributed by atoms with Crippen LogP contribution in [0.15, 0.2) is 53.9 Å². The molecule has 0 aliphatic carbocycles. The number of methoxy groups -OCH3 is 1. The van der Waals surface area contributed by atoms with Crippen LogP contribution in [0.1, 0.15) is 10.4 Å². The molecule has 0 heterocycles. The molecule has 0 bridgehead atoms. The number of halogens is 2. The van der Waals surface area contributed by atoms with Gasteiger partial charge in [0.05, 0.1) is 12.1 Å². The van der Waals surface area contributed by atoms with Crippen LogP contribution in [-0.4, -0.2) is 28.0 Å². The summed E-state index contributed by atoms with van der Waals surface area (Å²) in [6.45, 7) is 3.32. The summed E-state index contributed by atoms with van der Waals surface area (Å²) in [5.41, 5.74) is 0.344. The molecule has 6 nitrogen and oxygen atoms in total. The van der Waals surface area contributed by atoms with Gasteiger partial charge in [0, 0.05) is 17.8 Å². The lowest BCUT2D eigenvalue weighted by molar-refractivity contribution is 0.102. The van der Waals surface area contributed by atoms with E-state index in [4.69, 9.17) is 16.3 Å². The lowest BCUT2D eigenvalue weighted by Gasteiger charge is -2.10. The van der Waals surface area contributed by atoms with E-state index >= 15 is 0 Å². The Balaban J connectivity index is 2.28. The van der Waals surface area contributed by atoms with E-state index in [1.54, 1.807) is 12.1 Å². The molecule has 0 saturated heterocycles. The maximum atomic E-state index is 13.9. The third kappa shape index (κ3) is 4.60. The topological polar surface area (TPSA) is 84.5 Å². The molecule has 0 saturated carbocycles. The number of sulfonamides is 1. The van der Waals surface area contributed by atoms with E-state index in [0.29, 0.717) is 16.5 Å². The summed E-state index contributed by atoms with van der Waals surface area (Å²) in [4.78, 5) is 11.7. The minimum absolute atomic E-state index is 0.0303. The predicted octanol–water partition coefficient (Wildman–Crippen LogP) is 3.20. The summed E-state index contributed by atoms with van der Waals surface area (Å²) >= 11 is 5.99. The van der Waals surface area contributed by atoms with E-state index in [-0.39, 0.29) is 12.1 Å². The average molecular weight is 399 g/mol. The summed E-state index contributed by atoms with van der Waals surface area (Å²) in [6, 6.07) is 7.67.